The van der Waals surface area contributed by atoms with Gasteiger partial charge in [0.2, 0.25) is 0 Å². The van der Waals surface area contributed by atoms with Gasteiger partial charge in [-0.3, -0.25) is 9.59 Å². The zero-order valence-electron chi connectivity index (χ0n) is 12.3. The van der Waals surface area contributed by atoms with Crippen LogP contribution in [0.1, 0.15) is 20.3 Å². The molecule has 118 valence electrons. The van der Waals surface area contributed by atoms with E-state index in [9.17, 15) is 19.8 Å². The SMILES string of the molecule is CC(C)(C(=O)O)C(CCSc1nc2ccccc2o1)C(=O)O. The maximum Gasteiger partial charge on any atom is 0.309 e. The summed E-state index contributed by atoms with van der Waals surface area (Å²) in [6, 6.07) is 7.34. The molecule has 1 aromatic carbocycles. The number of para-hydroxylation sites is 2. The van der Waals surface area contributed by atoms with Gasteiger partial charge in [-0.25, -0.2) is 4.98 Å². The van der Waals surface area contributed by atoms with Crippen molar-refractivity contribution in [3.8, 4) is 0 Å². The number of carbonyl (C=O) groups is 2. The highest BCUT2D eigenvalue weighted by atomic mass is 32.2. The Morgan fingerprint density at radius 3 is 2.59 bits per heavy atom. The van der Waals surface area contributed by atoms with E-state index in [2.05, 4.69) is 4.98 Å². The molecule has 7 heteroatoms. The van der Waals surface area contributed by atoms with Crippen LogP contribution in [0.15, 0.2) is 33.9 Å². The van der Waals surface area contributed by atoms with Gasteiger partial charge in [0, 0.05) is 5.75 Å². The van der Waals surface area contributed by atoms with Crippen LogP contribution in [0.4, 0.5) is 0 Å². The summed E-state index contributed by atoms with van der Waals surface area (Å²) in [6.07, 6.45) is 0.220. The summed E-state index contributed by atoms with van der Waals surface area (Å²) in [6.45, 7) is 2.86. The second kappa shape index (κ2) is 6.39. The van der Waals surface area contributed by atoms with Crippen molar-refractivity contribution >= 4 is 34.8 Å². The Kier molecular flexibility index (Phi) is 4.75. The van der Waals surface area contributed by atoms with E-state index in [1.165, 1.54) is 25.6 Å². The number of thioether (sulfide) groups is 1. The molecule has 0 saturated carbocycles. The topological polar surface area (TPSA) is 101 Å². The molecule has 0 bridgehead atoms. The molecule has 0 saturated heterocycles. The molecular weight excluding hydrogens is 306 g/mol. The van der Waals surface area contributed by atoms with E-state index in [1.54, 1.807) is 6.07 Å². The molecule has 6 nitrogen and oxygen atoms in total. The molecule has 0 aliphatic rings. The summed E-state index contributed by atoms with van der Waals surface area (Å²) in [7, 11) is 0. The van der Waals surface area contributed by atoms with E-state index in [0.717, 1.165) is 5.52 Å². The highest BCUT2D eigenvalue weighted by Gasteiger charge is 2.41. The Hall–Kier alpha value is -2.02. The number of hydrogen-bond acceptors (Lipinski definition) is 5. The van der Waals surface area contributed by atoms with Crippen LogP contribution in [-0.4, -0.2) is 32.9 Å². The van der Waals surface area contributed by atoms with Crippen LogP contribution in [0, 0.1) is 11.3 Å². The van der Waals surface area contributed by atoms with E-state index in [-0.39, 0.29) is 6.42 Å². The molecule has 2 aromatic rings. The van der Waals surface area contributed by atoms with Crippen molar-refractivity contribution in [3.05, 3.63) is 24.3 Å². The second-order valence-electron chi connectivity index (χ2n) is 5.50. The summed E-state index contributed by atoms with van der Waals surface area (Å²) in [4.78, 5) is 26.8. The van der Waals surface area contributed by atoms with E-state index < -0.39 is 23.3 Å². The van der Waals surface area contributed by atoms with Crippen LogP contribution in [-0.2, 0) is 9.59 Å². The molecule has 1 unspecified atom stereocenters. The zero-order chi connectivity index (χ0) is 16.3. The summed E-state index contributed by atoms with van der Waals surface area (Å²) >= 11 is 1.29. The Balaban J connectivity index is 2.01. The predicted molar refractivity (Wildman–Crippen MR) is 81.9 cm³/mol. The smallest absolute Gasteiger partial charge is 0.309 e. The third kappa shape index (κ3) is 3.41. The Morgan fingerprint density at radius 2 is 2.00 bits per heavy atom. The number of carboxylic acid groups (broad SMARTS) is 2. The maximum atomic E-state index is 11.3. The van der Waals surface area contributed by atoms with Crippen molar-refractivity contribution in [1.82, 2.24) is 4.98 Å². The van der Waals surface area contributed by atoms with Gasteiger partial charge in [-0.2, -0.15) is 0 Å². The fourth-order valence-corrected chi connectivity index (χ4v) is 2.96. The number of aromatic nitrogens is 1. The first-order chi connectivity index (χ1) is 10.3. The Morgan fingerprint density at radius 1 is 1.32 bits per heavy atom. The van der Waals surface area contributed by atoms with Gasteiger partial charge in [0.05, 0.1) is 11.3 Å². The average Bonchev–Trinajstić information content (AvgIpc) is 2.85. The largest absolute Gasteiger partial charge is 0.481 e. The summed E-state index contributed by atoms with van der Waals surface area (Å²) in [5.41, 5.74) is 0.0875. The van der Waals surface area contributed by atoms with Gasteiger partial charge in [0.1, 0.15) is 5.52 Å². The predicted octanol–water partition coefficient (Wildman–Crippen LogP) is 3.12. The molecule has 0 fully saturated rings. The number of rotatable bonds is 7. The number of aliphatic carboxylic acids is 2. The molecule has 0 aliphatic carbocycles. The molecule has 22 heavy (non-hydrogen) atoms. The summed E-state index contributed by atoms with van der Waals surface area (Å²) in [5.74, 6) is -2.78. The van der Waals surface area contributed by atoms with Gasteiger partial charge in [-0.1, -0.05) is 23.9 Å². The molecule has 2 rings (SSSR count). The first-order valence-electron chi connectivity index (χ1n) is 6.77. The van der Waals surface area contributed by atoms with Crippen LogP contribution in [0.25, 0.3) is 11.1 Å². The molecule has 1 atom stereocenters. The number of benzene rings is 1. The van der Waals surface area contributed by atoms with Gasteiger partial charge in [-0.05, 0) is 32.4 Å². The van der Waals surface area contributed by atoms with Crippen LogP contribution in [0.2, 0.25) is 0 Å². The standard InChI is InChI=1S/C15H17NO5S/c1-15(2,13(19)20)9(12(17)18)7-8-22-14-16-10-5-3-4-6-11(10)21-14/h3-6,9H,7-8H2,1-2H3,(H,17,18)(H,19,20). The van der Waals surface area contributed by atoms with E-state index in [1.807, 2.05) is 18.2 Å². The fraction of sp³-hybridized carbons (Fsp3) is 0.400. The van der Waals surface area contributed by atoms with E-state index in [0.29, 0.717) is 16.6 Å². The van der Waals surface area contributed by atoms with Crippen molar-refractivity contribution in [2.75, 3.05) is 5.75 Å². The molecule has 0 spiro atoms. The number of nitrogens with zero attached hydrogens (tertiary/aromatic N) is 1. The molecule has 0 radical (unpaired) electrons. The second-order valence-corrected chi connectivity index (χ2v) is 6.55. The van der Waals surface area contributed by atoms with E-state index in [4.69, 9.17) is 4.42 Å². The van der Waals surface area contributed by atoms with Crippen LogP contribution >= 0.6 is 11.8 Å². The monoisotopic (exact) mass is 323 g/mol. The van der Waals surface area contributed by atoms with Crippen molar-refractivity contribution in [2.24, 2.45) is 11.3 Å². The molecule has 1 aromatic heterocycles. The molecule has 1 heterocycles. The Labute approximate surface area is 131 Å². The zero-order valence-corrected chi connectivity index (χ0v) is 13.1. The van der Waals surface area contributed by atoms with Crippen LogP contribution in [0.5, 0.6) is 0 Å². The lowest BCUT2D eigenvalue weighted by Crippen LogP contribution is -2.38. The summed E-state index contributed by atoms with van der Waals surface area (Å²) in [5, 5.41) is 18.9. The number of carboxylic acids is 2. The van der Waals surface area contributed by atoms with Crippen LogP contribution < -0.4 is 0 Å². The third-order valence-electron chi connectivity index (χ3n) is 3.63. The minimum absolute atomic E-state index is 0.220. The van der Waals surface area contributed by atoms with Gasteiger partial charge >= 0.3 is 11.9 Å². The molecule has 0 aliphatic heterocycles. The summed E-state index contributed by atoms with van der Waals surface area (Å²) < 4.78 is 5.53. The minimum atomic E-state index is -1.33. The molecular formula is C15H17NO5S. The van der Waals surface area contributed by atoms with Gasteiger partial charge in [0.15, 0.2) is 5.58 Å². The molecule has 2 N–H and O–H groups in total. The van der Waals surface area contributed by atoms with Crippen molar-refractivity contribution < 1.29 is 24.2 Å². The fourth-order valence-electron chi connectivity index (χ4n) is 2.12. The first kappa shape index (κ1) is 16.4. The van der Waals surface area contributed by atoms with Gasteiger partial charge < -0.3 is 14.6 Å². The third-order valence-corrected chi connectivity index (χ3v) is 4.49. The lowest BCUT2D eigenvalue weighted by molar-refractivity contribution is -0.160. The van der Waals surface area contributed by atoms with Gasteiger partial charge in [-0.15, -0.1) is 0 Å². The Bertz CT molecular complexity index is 661. The lowest BCUT2D eigenvalue weighted by Gasteiger charge is -2.26. The van der Waals surface area contributed by atoms with Crippen molar-refractivity contribution in [2.45, 2.75) is 25.5 Å². The van der Waals surface area contributed by atoms with Gasteiger partial charge in [0.25, 0.3) is 5.22 Å². The highest BCUT2D eigenvalue weighted by molar-refractivity contribution is 7.99. The molecule has 0 amide bonds. The lowest BCUT2D eigenvalue weighted by atomic mass is 9.77. The normalized spacial score (nSPS) is 13.2. The minimum Gasteiger partial charge on any atom is -0.481 e. The van der Waals surface area contributed by atoms with Crippen LogP contribution in [0.3, 0.4) is 0 Å². The first-order valence-corrected chi connectivity index (χ1v) is 7.75. The van der Waals surface area contributed by atoms with Crippen molar-refractivity contribution in [1.29, 1.82) is 0 Å². The number of fused-ring (bicyclic) bond motifs is 1. The number of hydrogen-bond donors (Lipinski definition) is 2. The van der Waals surface area contributed by atoms with E-state index >= 15 is 0 Å². The van der Waals surface area contributed by atoms with Crippen molar-refractivity contribution in [3.63, 3.8) is 0 Å². The quantitative estimate of drug-likeness (QED) is 0.755. The highest BCUT2D eigenvalue weighted by Crippen LogP contribution is 2.33. The average molecular weight is 323 g/mol. The maximum absolute atomic E-state index is 11.3. The number of oxazole rings is 1.